The van der Waals surface area contributed by atoms with Crippen LogP contribution in [0.5, 0.6) is 0 Å². The fraction of sp³-hybridized carbons (Fsp3) is 0.476. The third-order valence-corrected chi connectivity index (χ3v) is 5.64. The molecule has 0 bridgehead atoms. The predicted octanol–water partition coefficient (Wildman–Crippen LogP) is 2.89. The predicted molar refractivity (Wildman–Crippen MR) is 107 cm³/mol. The van der Waals surface area contributed by atoms with Crippen molar-refractivity contribution in [2.45, 2.75) is 52.2 Å². The van der Waals surface area contributed by atoms with Crippen molar-refractivity contribution in [1.29, 1.82) is 0 Å². The molecule has 2 atom stereocenters. The number of nitrogens with zero attached hydrogens (tertiary/aromatic N) is 4. The van der Waals surface area contributed by atoms with Crippen molar-refractivity contribution in [3.8, 4) is 5.69 Å². The van der Waals surface area contributed by atoms with Crippen molar-refractivity contribution in [3.63, 3.8) is 0 Å². The number of likely N-dealkylation sites (tertiary alicyclic amines) is 1. The summed E-state index contributed by atoms with van der Waals surface area (Å²) in [5.74, 6) is 0.00284. The van der Waals surface area contributed by atoms with E-state index in [1.54, 1.807) is 4.68 Å². The van der Waals surface area contributed by atoms with E-state index in [1.165, 1.54) is 0 Å². The monoisotopic (exact) mass is 381 g/mol. The Labute approximate surface area is 165 Å². The van der Waals surface area contributed by atoms with Crippen molar-refractivity contribution >= 4 is 11.9 Å². The largest absolute Gasteiger partial charge is 0.336 e. The molecule has 1 aromatic heterocycles. The fourth-order valence-corrected chi connectivity index (χ4v) is 4.41. The smallest absolute Gasteiger partial charge is 0.317 e. The molecule has 28 heavy (non-hydrogen) atoms. The molecule has 0 aliphatic carbocycles. The molecular formula is C21H27N5O2. The van der Waals surface area contributed by atoms with E-state index in [0.29, 0.717) is 18.8 Å². The second-order valence-corrected chi connectivity index (χ2v) is 7.98. The van der Waals surface area contributed by atoms with Crippen LogP contribution in [0.15, 0.2) is 30.3 Å². The Balaban J connectivity index is 1.60. The molecule has 2 aromatic rings. The van der Waals surface area contributed by atoms with E-state index in [-0.39, 0.29) is 30.1 Å². The average molecular weight is 381 g/mol. The lowest BCUT2D eigenvalue weighted by Crippen LogP contribution is -2.45. The summed E-state index contributed by atoms with van der Waals surface area (Å²) in [5, 5.41) is 7.57. The van der Waals surface area contributed by atoms with Crippen LogP contribution in [0, 0.1) is 6.92 Å². The van der Waals surface area contributed by atoms with E-state index < -0.39 is 0 Å². The zero-order valence-corrected chi connectivity index (χ0v) is 16.8. The molecule has 148 valence electrons. The van der Waals surface area contributed by atoms with Crippen molar-refractivity contribution in [2.24, 2.45) is 0 Å². The van der Waals surface area contributed by atoms with Crippen molar-refractivity contribution in [3.05, 3.63) is 47.3 Å². The van der Waals surface area contributed by atoms with Crippen LogP contribution in [0.3, 0.4) is 0 Å². The van der Waals surface area contributed by atoms with Gasteiger partial charge in [-0.3, -0.25) is 4.79 Å². The van der Waals surface area contributed by atoms with E-state index in [0.717, 1.165) is 23.4 Å². The van der Waals surface area contributed by atoms with Crippen molar-refractivity contribution in [1.82, 2.24) is 24.9 Å². The molecule has 1 aromatic carbocycles. The number of benzene rings is 1. The van der Waals surface area contributed by atoms with Crippen LogP contribution in [0.4, 0.5) is 4.79 Å². The average Bonchev–Trinajstić information content (AvgIpc) is 3.32. The molecule has 2 aliphatic rings. The minimum Gasteiger partial charge on any atom is -0.336 e. The Bertz CT molecular complexity index is 905. The van der Waals surface area contributed by atoms with Crippen LogP contribution in [0.1, 0.15) is 55.0 Å². The fourth-order valence-electron chi connectivity index (χ4n) is 4.41. The molecular weight excluding hydrogens is 354 g/mol. The van der Waals surface area contributed by atoms with E-state index in [4.69, 9.17) is 0 Å². The summed E-state index contributed by atoms with van der Waals surface area (Å²) in [6.07, 6.45) is 0.795. The number of hydrogen-bond acceptors (Lipinski definition) is 3. The van der Waals surface area contributed by atoms with Crippen LogP contribution in [0.25, 0.3) is 5.69 Å². The van der Waals surface area contributed by atoms with Crippen LogP contribution < -0.4 is 5.32 Å². The summed E-state index contributed by atoms with van der Waals surface area (Å²) in [5.41, 5.74) is 3.42. The highest BCUT2D eigenvalue weighted by Crippen LogP contribution is 2.39. The van der Waals surface area contributed by atoms with Crippen LogP contribution in [-0.4, -0.2) is 56.7 Å². The van der Waals surface area contributed by atoms with Gasteiger partial charge in [0.2, 0.25) is 0 Å². The highest BCUT2D eigenvalue weighted by atomic mass is 16.2. The molecule has 0 radical (unpaired) electrons. The van der Waals surface area contributed by atoms with Crippen molar-refractivity contribution < 1.29 is 9.59 Å². The lowest BCUT2D eigenvalue weighted by atomic mass is 10.1. The molecule has 3 amide bonds. The van der Waals surface area contributed by atoms with Gasteiger partial charge in [0.1, 0.15) is 5.69 Å². The standard InChI is InChI=1S/C21H27N5O2/c1-13(2)22-21(28)24-11-10-17(12-24)25-15(4)18-14(3)23-26(19(18)20(25)27)16-8-6-5-7-9-16/h5-9,13,15,17H,10-12H2,1-4H3,(H,22,28). The summed E-state index contributed by atoms with van der Waals surface area (Å²) in [6.45, 7) is 9.16. The highest BCUT2D eigenvalue weighted by molar-refractivity contribution is 5.98. The summed E-state index contributed by atoms with van der Waals surface area (Å²) < 4.78 is 1.77. The number of rotatable bonds is 3. The molecule has 2 unspecified atom stereocenters. The summed E-state index contributed by atoms with van der Waals surface area (Å²) in [4.78, 5) is 29.5. The van der Waals surface area contributed by atoms with Crippen LogP contribution >= 0.6 is 0 Å². The zero-order chi connectivity index (χ0) is 20.0. The minimum atomic E-state index is -0.0547. The maximum Gasteiger partial charge on any atom is 0.317 e. The van der Waals surface area contributed by atoms with Gasteiger partial charge in [-0.15, -0.1) is 0 Å². The first-order valence-corrected chi connectivity index (χ1v) is 9.91. The normalized spacial score (nSPS) is 21.5. The Morgan fingerprint density at radius 2 is 1.96 bits per heavy atom. The first-order valence-electron chi connectivity index (χ1n) is 9.91. The third kappa shape index (κ3) is 2.95. The number of urea groups is 1. The zero-order valence-electron chi connectivity index (χ0n) is 16.8. The molecule has 4 rings (SSSR count). The van der Waals surface area contributed by atoms with E-state index in [2.05, 4.69) is 17.3 Å². The number of amides is 3. The Kier molecular flexibility index (Phi) is 4.61. The first-order chi connectivity index (χ1) is 13.4. The number of para-hydroxylation sites is 1. The number of hydrogen-bond donors (Lipinski definition) is 1. The SMILES string of the molecule is Cc1nn(-c2ccccc2)c2c1C(C)N(C1CCN(C(=O)NC(C)C)C1)C2=O. The van der Waals surface area contributed by atoms with Gasteiger partial charge < -0.3 is 15.1 Å². The van der Waals surface area contributed by atoms with E-state index >= 15 is 0 Å². The van der Waals surface area contributed by atoms with Gasteiger partial charge in [-0.2, -0.15) is 5.10 Å². The number of aryl methyl sites for hydroxylation is 1. The molecule has 1 fully saturated rings. The van der Waals surface area contributed by atoms with Gasteiger partial charge in [0.05, 0.1) is 23.5 Å². The lowest BCUT2D eigenvalue weighted by Gasteiger charge is -2.29. The van der Waals surface area contributed by atoms with Gasteiger partial charge in [0.25, 0.3) is 5.91 Å². The maximum absolute atomic E-state index is 13.4. The molecule has 2 aliphatic heterocycles. The molecule has 7 heteroatoms. The highest BCUT2D eigenvalue weighted by Gasteiger charge is 2.45. The second-order valence-electron chi connectivity index (χ2n) is 7.98. The number of aromatic nitrogens is 2. The molecule has 1 N–H and O–H groups in total. The summed E-state index contributed by atoms with van der Waals surface area (Å²) >= 11 is 0. The van der Waals surface area contributed by atoms with Gasteiger partial charge in [0.15, 0.2) is 0 Å². The van der Waals surface area contributed by atoms with Crippen LogP contribution in [0.2, 0.25) is 0 Å². The second kappa shape index (κ2) is 6.96. The van der Waals surface area contributed by atoms with E-state index in [1.807, 2.05) is 60.9 Å². The Morgan fingerprint density at radius 3 is 2.64 bits per heavy atom. The summed E-state index contributed by atoms with van der Waals surface area (Å²) in [6, 6.07) is 9.79. The third-order valence-electron chi connectivity index (χ3n) is 5.64. The van der Waals surface area contributed by atoms with Gasteiger partial charge in [-0.05, 0) is 46.2 Å². The number of nitrogens with one attached hydrogen (secondary N) is 1. The minimum absolute atomic E-state index is 0.00284. The first kappa shape index (κ1) is 18.5. The Hall–Kier alpha value is -2.83. The van der Waals surface area contributed by atoms with Gasteiger partial charge >= 0.3 is 6.03 Å². The summed E-state index contributed by atoms with van der Waals surface area (Å²) in [7, 11) is 0. The Morgan fingerprint density at radius 1 is 1.25 bits per heavy atom. The maximum atomic E-state index is 13.4. The molecule has 0 spiro atoms. The molecule has 7 nitrogen and oxygen atoms in total. The quantitative estimate of drug-likeness (QED) is 0.889. The molecule has 0 saturated carbocycles. The van der Waals surface area contributed by atoms with Crippen LogP contribution in [-0.2, 0) is 0 Å². The molecule has 1 saturated heterocycles. The van der Waals surface area contributed by atoms with Gasteiger partial charge in [0, 0.05) is 24.7 Å². The number of carbonyl (C=O) groups is 2. The number of fused-ring (bicyclic) bond motifs is 1. The number of carbonyl (C=O) groups excluding carboxylic acids is 2. The van der Waals surface area contributed by atoms with E-state index in [9.17, 15) is 9.59 Å². The topological polar surface area (TPSA) is 70.5 Å². The van der Waals surface area contributed by atoms with Gasteiger partial charge in [-0.25, -0.2) is 9.48 Å². The molecule has 3 heterocycles. The van der Waals surface area contributed by atoms with Gasteiger partial charge in [-0.1, -0.05) is 18.2 Å². The van der Waals surface area contributed by atoms with Crippen molar-refractivity contribution in [2.75, 3.05) is 13.1 Å². The lowest BCUT2D eigenvalue weighted by molar-refractivity contribution is 0.0642.